The summed E-state index contributed by atoms with van der Waals surface area (Å²) in [6.45, 7) is 5.64. The van der Waals surface area contributed by atoms with Gasteiger partial charge in [-0.2, -0.15) is 0 Å². The first-order chi connectivity index (χ1) is 8.19. The van der Waals surface area contributed by atoms with Gasteiger partial charge in [-0.25, -0.2) is 0 Å². The van der Waals surface area contributed by atoms with E-state index in [9.17, 15) is 4.79 Å². The van der Waals surface area contributed by atoms with E-state index in [0.717, 1.165) is 25.7 Å². The Bertz CT molecular complexity index is 227. The van der Waals surface area contributed by atoms with E-state index in [1.54, 1.807) is 0 Å². The fourth-order valence-corrected chi connectivity index (χ4v) is 2.39. The van der Waals surface area contributed by atoms with E-state index >= 15 is 0 Å². The van der Waals surface area contributed by atoms with Gasteiger partial charge in [-0.1, -0.05) is 13.3 Å². The summed E-state index contributed by atoms with van der Waals surface area (Å²) in [5.74, 6) is 0.507. The van der Waals surface area contributed by atoms with Gasteiger partial charge in [0.05, 0.1) is 12.0 Å². The third-order valence-electron chi connectivity index (χ3n) is 3.51. The van der Waals surface area contributed by atoms with Gasteiger partial charge in [0.25, 0.3) is 0 Å². The van der Waals surface area contributed by atoms with Gasteiger partial charge in [0, 0.05) is 19.8 Å². The average Bonchev–Trinajstić information content (AvgIpc) is 2.72. The second-order valence-corrected chi connectivity index (χ2v) is 4.88. The van der Waals surface area contributed by atoms with Crippen LogP contribution in [0.25, 0.3) is 0 Å². The second-order valence-electron chi connectivity index (χ2n) is 4.88. The van der Waals surface area contributed by atoms with Crippen molar-refractivity contribution in [1.29, 1.82) is 0 Å². The molecule has 4 heteroatoms. The highest BCUT2D eigenvalue weighted by Crippen LogP contribution is 2.20. The van der Waals surface area contributed by atoms with Crippen molar-refractivity contribution in [3.05, 3.63) is 0 Å². The molecule has 1 fully saturated rings. The first-order valence-electron chi connectivity index (χ1n) is 6.69. The number of aliphatic hydroxyl groups is 1. The van der Waals surface area contributed by atoms with Gasteiger partial charge in [0.15, 0.2) is 0 Å². The summed E-state index contributed by atoms with van der Waals surface area (Å²) in [6, 6.07) is 0. The minimum atomic E-state index is 0.00593. The van der Waals surface area contributed by atoms with Crippen LogP contribution in [0.4, 0.5) is 0 Å². The predicted octanol–water partition coefficient (Wildman–Crippen LogP) is 1.33. The Kier molecular flexibility index (Phi) is 6.52. The van der Waals surface area contributed by atoms with Gasteiger partial charge in [0.2, 0.25) is 5.91 Å². The van der Waals surface area contributed by atoms with Crippen LogP contribution in [-0.2, 0) is 9.53 Å². The van der Waals surface area contributed by atoms with Gasteiger partial charge in [0.1, 0.15) is 0 Å². The van der Waals surface area contributed by atoms with Gasteiger partial charge >= 0.3 is 0 Å². The van der Waals surface area contributed by atoms with Crippen molar-refractivity contribution in [2.24, 2.45) is 11.8 Å². The first-order valence-corrected chi connectivity index (χ1v) is 6.69. The van der Waals surface area contributed by atoms with Crippen LogP contribution in [-0.4, -0.2) is 36.9 Å². The molecule has 0 saturated carbocycles. The molecule has 0 bridgehead atoms. The zero-order chi connectivity index (χ0) is 12.7. The summed E-state index contributed by atoms with van der Waals surface area (Å²) >= 11 is 0. The van der Waals surface area contributed by atoms with Crippen LogP contribution in [0.3, 0.4) is 0 Å². The van der Waals surface area contributed by atoms with Crippen molar-refractivity contribution in [3.8, 4) is 0 Å². The number of nitrogens with one attached hydrogen (secondary N) is 1. The molecule has 2 N–H and O–H groups in total. The van der Waals surface area contributed by atoms with Crippen molar-refractivity contribution in [2.75, 3.05) is 19.8 Å². The number of carbonyl (C=O) groups is 1. The van der Waals surface area contributed by atoms with Crippen LogP contribution in [0.15, 0.2) is 0 Å². The standard InChI is InChI=1S/C13H25NO3/c1-3-4-11(5-7-15)9-14-13(16)12-6-8-17-10(12)2/h10-12,15H,3-9H2,1-2H3,(H,14,16). The van der Waals surface area contributed by atoms with Crippen LogP contribution >= 0.6 is 0 Å². The van der Waals surface area contributed by atoms with Gasteiger partial charge in [-0.05, 0) is 32.1 Å². The van der Waals surface area contributed by atoms with Gasteiger partial charge < -0.3 is 15.2 Å². The fraction of sp³-hybridized carbons (Fsp3) is 0.923. The molecule has 1 saturated heterocycles. The Labute approximate surface area is 104 Å². The predicted molar refractivity (Wildman–Crippen MR) is 66.6 cm³/mol. The zero-order valence-corrected chi connectivity index (χ0v) is 10.9. The van der Waals surface area contributed by atoms with Crippen molar-refractivity contribution >= 4 is 5.91 Å². The number of aliphatic hydroxyl groups excluding tert-OH is 1. The van der Waals surface area contributed by atoms with Crippen LogP contribution in [0.5, 0.6) is 0 Å². The molecule has 4 nitrogen and oxygen atoms in total. The van der Waals surface area contributed by atoms with Gasteiger partial charge in [-0.15, -0.1) is 0 Å². The number of hydrogen-bond donors (Lipinski definition) is 2. The number of ether oxygens (including phenoxy) is 1. The molecule has 3 atom stereocenters. The summed E-state index contributed by atoms with van der Waals surface area (Å²) in [5.41, 5.74) is 0. The Morgan fingerprint density at radius 2 is 2.29 bits per heavy atom. The molecule has 0 aromatic carbocycles. The van der Waals surface area contributed by atoms with E-state index in [-0.39, 0.29) is 24.5 Å². The topological polar surface area (TPSA) is 58.6 Å². The Morgan fingerprint density at radius 1 is 1.53 bits per heavy atom. The van der Waals surface area contributed by atoms with E-state index in [4.69, 9.17) is 9.84 Å². The SMILES string of the molecule is CCCC(CCO)CNC(=O)C1CCOC1C. The van der Waals surface area contributed by atoms with E-state index in [0.29, 0.717) is 19.1 Å². The summed E-state index contributed by atoms with van der Waals surface area (Å²) in [6.07, 6.45) is 3.77. The molecular formula is C13H25NO3. The van der Waals surface area contributed by atoms with Crippen LogP contribution in [0.1, 0.15) is 39.5 Å². The molecule has 17 heavy (non-hydrogen) atoms. The number of rotatable bonds is 7. The largest absolute Gasteiger partial charge is 0.396 e. The lowest BCUT2D eigenvalue weighted by molar-refractivity contribution is -0.126. The van der Waals surface area contributed by atoms with Crippen LogP contribution in [0.2, 0.25) is 0 Å². The van der Waals surface area contributed by atoms with Crippen molar-refractivity contribution in [2.45, 2.75) is 45.6 Å². The lowest BCUT2D eigenvalue weighted by Gasteiger charge is -2.18. The average molecular weight is 243 g/mol. The molecule has 1 rings (SSSR count). The highest BCUT2D eigenvalue weighted by Gasteiger charge is 2.30. The highest BCUT2D eigenvalue weighted by molar-refractivity contribution is 5.79. The maximum Gasteiger partial charge on any atom is 0.225 e. The summed E-state index contributed by atoms with van der Waals surface area (Å²) in [4.78, 5) is 11.9. The molecule has 1 aliphatic heterocycles. The Morgan fingerprint density at radius 3 is 2.82 bits per heavy atom. The van der Waals surface area contributed by atoms with Crippen molar-refractivity contribution in [3.63, 3.8) is 0 Å². The Balaban J connectivity index is 2.29. The number of hydrogen-bond acceptors (Lipinski definition) is 3. The Hall–Kier alpha value is -0.610. The lowest BCUT2D eigenvalue weighted by Crippen LogP contribution is -2.37. The zero-order valence-electron chi connectivity index (χ0n) is 10.9. The maximum atomic E-state index is 11.9. The molecule has 0 spiro atoms. The maximum absolute atomic E-state index is 11.9. The van der Waals surface area contributed by atoms with E-state index in [2.05, 4.69) is 12.2 Å². The molecule has 0 aromatic rings. The molecule has 1 heterocycles. The van der Waals surface area contributed by atoms with E-state index < -0.39 is 0 Å². The normalized spacial score (nSPS) is 25.8. The molecule has 3 unspecified atom stereocenters. The quantitative estimate of drug-likeness (QED) is 0.709. The molecule has 0 aliphatic carbocycles. The minimum Gasteiger partial charge on any atom is -0.396 e. The number of amides is 1. The molecule has 100 valence electrons. The fourth-order valence-electron chi connectivity index (χ4n) is 2.39. The molecule has 0 aromatic heterocycles. The number of carbonyl (C=O) groups excluding carboxylic acids is 1. The van der Waals surface area contributed by atoms with E-state index in [1.807, 2.05) is 6.92 Å². The van der Waals surface area contributed by atoms with E-state index in [1.165, 1.54) is 0 Å². The molecule has 1 amide bonds. The third-order valence-corrected chi connectivity index (χ3v) is 3.51. The minimum absolute atomic E-state index is 0.00593. The smallest absolute Gasteiger partial charge is 0.225 e. The molecule has 1 aliphatic rings. The molecular weight excluding hydrogens is 218 g/mol. The van der Waals surface area contributed by atoms with Crippen LogP contribution in [0, 0.1) is 11.8 Å². The van der Waals surface area contributed by atoms with Crippen molar-refractivity contribution in [1.82, 2.24) is 5.32 Å². The monoisotopic (exact) mass is 243 g/mol. The second kappa shape index (κ2) is 7.67. The summed E-state index contributed by atoms with van der Waals surface area (Å²) < 4.78 is 5.39. The van der Waals surface area contributed by atoms with Crippen LogP contribution < -0.4 is 5.32 Å². The van der Waals surface area contributed by atoms with Gasteiger partial charge in [-0.3, -0.25) is 4.79 Å². The highest BCUT2D eigenvalue weighted by atomic mass is 16.5. The third kappa shape index (κ3) is 4.64. The van der Waals surface area contributed by atoms with Crippen molar-refractivity contribution < 1.29 is 14.6 Å². The molecule has 0 radical (unpaired) electrons. The lowest BCUT2D eigenvalue weighted by atomic mass is 9.98. The summed E-state index contributed by atoms with van der Waals surface area (Å²) in [5, 5.41) is 11.9. The first kappa shape index (κ1) is 14.5. The summed E-state index contributed by atoms with van der Waals surface area (Å²) in [7, 11) is 0.